The molecule has 0 spiro atoms. The molecule has 0 saturated carbocycles. The molecule has 1 amide bonds. The van der Waals surface area contributed by atoms with Crippen LogP contribution in [0.4, 0.5) is 4.39 Å². The number of esters is 1. The van der Waals surface area contributed by atoms with Crippen LogP contribution in [0.5, 0.6) is 0 Å². The molecule has 3 rings (SSSR count). The van der Waals surface area contributed by atoms with Crippen LogP contribution in [0.1, 0.15) is 27.9 Å². The summed E-state index contributed by atoms with van der Waals surface area (Å²) in [6.45, 7) is 3.81. The Bertz CT molecular complexity index is 810. The van der Waals surface area contributed by atoms with Gasteiger partial charge in [0.2, 0.25) is 0 Å². The molecular weight excluding hydrogens is 345 g/mol. The van der Waals surface area contributed by atoms with Gasteiger partial charge in [0.05, 0.1) is 11.4 Å². The van der Waals surface area contributed by atoms with Gasteiger partial charge in [-0.2, -0.15) is 0 Å². The molecule has 25 heavy (non-hydrogen) atoms. The number of halogens is 2. The third kappa shape index (κ3) is 3.42. The molecule has 0 bridgehead atoms. The summed E-state index contributed by atoms with van der Waals surface area (Å²) >= 11 is 5.89. The SMILES string of the molecule is C=C1c2ccccc2C(=O)N1CCC(=O)OCc1c(F)cccc1Cl. The summed E-state index contributed by atoms with van der Waals surface area (Å²) in [7, 11) is 0. The Morgan fingerprint density at radius 1 is 1.16 bits per heavy atom. The number of fused-ring (bicyclic) bond motifs is 1. The number of hydrogen-bond acceptors (Lipinski definition) is 3. The first-order chi connectivity index (χ1) is 12.0. The number of nitrogens with zero attached hydrogens (tertiary/aromatic N) is 1. The Labute approximate surface area is 149 Å². The summed E-state index contributed by atoms with van der Waals surface area (Å²) < 4.78 is 18.7. The van der Waals surface area contributed by atoms with Crippen LogP contribution in [0.15, 0.2) is 49.0 Å². The topological polar surface area (TPSA) is 46.6 Å². The molecule has 1 aliphatic heterocycles. The Morgan fingerprint density at radius 3 is 2.56 bits per heavy atom. The first-order valence-corrected chi connectivity index (χ1v) is 8.05. The molecule has 1 aliphatic rings. The molecule has 2 aromatic carbocycles. The van der Waals surface area contributed by atoms with Crippen LogP contribution < -0.4 is 0 Å². The van der Waals surface area contributed by atoms with Gasteiger partial charge < -0.3 is 9.64 Å². The fraction of sp³-hybridized carbons (Fsp3) is 0.158. The van der Waals surface area contributed by atoms with Crippen LogP contribution in [-0.2, 0) is 16.1 Å². The lowest BCUT2D eigenvalue weighted by Crippen LogP contribution is -2.26. The Kier molecular flexibility index (Phi) is 4.86. The minimum atomic E-state index is -0.545. The van der Waals surface area contributed by atoms with Crippen molar-refractivity contribution in [2.75, 3.05) is 6.54 Å². The van der Waals surface area contributed by atoms with Crippen molar-refractivity contribution < 1.29 is 18.7 Å². The molecule has 6 heteroatoms. The summed E-state index contributed by atoms with van der Waals surface area (Å²) in [6.07, 6.45) is -0.0230. The highest BCUT2D eigenvalue weighted by atomic mass is 35.5. The van der Waals surface area contributed by atoms with Gasteiger partial charge in [-0.25, -0.2) is 4.39 Å². The molecule has 0 unspecified atom stereocenters. The largest absolute Gasteiger partial charge is 0.461 e. The molecule has 0 fully saturated rings. The van der Waals surface area contributed by atoms with E-state index >= 15 is 0 Å². The fourth-order valence-electron chi connectivity index (χ4n) is 2.67. The van der Waals surface area contributed by atoms with E-state index in [9.17, 15) is 14.0 Å². The molecule has 0 radical (unpaired) electrons. The minimum Gasteiger partial charge on any atom is -0.461 e. The first-order valence-electron chi connectivity index (χ1n) is 7.67. The Morgan fingerprint density at radius 2 is 1.88 bits per heavy atom. The van der Waals surface area contributed by atoms with Gasteiger partial charge >= 0.3 is 5.97 Å². The van der Waals surface area contributed by atoms with Gasteiger partial charge in [0.1, 0.15) is 12.4 Å². The van der Waals surface area contributed by atoms with Crippen molar-refractivity contribution in [3.05, 3.63) is 76.6 Å². The number of hydrogen-bond donors (Lipinski definition) is 0. The number of carbonyl (C=O) groups is 2. The second kappa shape index (κ2) is 7.07. The van der Waals surface area contributed by atoms with E-state index in [4.69, 9.17) is 16.3 Å². The quantitative estimate of drug-likeness (QED) is 0.757. The standard InChI is InChI=1S/C19H15ClFNO3/c1-12-13-5-2-3-6-14(13)19(24)22(12)10-9-18(23)25-11-15-16(20)7-4-8-17(15)21/h2-8H,1,9-11H2. The molecule has 0 saturated heterocycles. The molecule has 1 heterocycles. The zero-order chi connectivity index (χ0) is 18.0. The van der Waals surface area contributed by atoms with Crippen LogP contribution in [0.2, 0.25) is 5.02 Å². The van der Waals surface area contributed by atoms with Crippen molar-refractivity contribution >= 4 is 29.2 Å². The Balaban J connectivity index is 1.57. The van der Waals surface area contributed by atoms with Crippen molar-refractivity contribution in [2.45, 2.75) is 13.0 Å². The second-order valence-electron chi connectivity index (χ2n) is 5.56. The fourth-order valence-corrected chi connectivity index (χ4v) is 2.89. The number of ether oxygens (including phenoxy) is 1. The van der Waals surface area contributed by atoms with Gasteiger partial charge in [-0.05, 0) is 18.2 Å². The summed E-state index contributed by atoms with van der Waals surface area (Å²) in [5.41, 5.74) is 2.02. The number of rotatable bonds is 5. The van der Waals surface area contributed by atoms with Gasteiger partial charge in [-0.15, -0.1) is 0 Å². The van der Waals surface area contributed by atoms with E-state index < -0.39 is 11.8 Å². The highest BCUT2D eigenvalue weighted by Crippen LogP contribution is 2.31. The van der Waals surface area contributed by atoms with Crippen LogP contribution in [0.25, 0.3) is 5.70 Å². The van der Waals surface area contributed by atoms with Gasteiger partial charge in [0.15, 0.2) is 0 Å². The van der Waals surface area contributed by atoms with Crippen molar-refractivity contribution in [3.63, 3.8) is 0 Å². The predicted molar refractivity (Wildman–Crippen MR) is 92.3 cm³/mol. The maximum atomic E-state index is 13.6. The number of amides is 1. The Hall–Kier alpha value is -2.66. The van der Waals surface area contributed by atoms with Crippen molar-refractivity contribution in [1.82, 2.24) is 4.90 Å². The average Bonchev–Trinajstić information content (AvgIpc) is 2.84. The van der Waals surface area contributed by atoms with Crippen LogP contribution in [-0.4, -0.2) is 23.3 Å². The lowest BCUT2D eigenvalue weighted by Gasteiger charge is -2.16. The first kappa shape index (κ1) is 17.2. The molecule has 0 atom stereocenters. The third-order valence-corrected chi connectivity index (χ3v) is 4.37. The zero-order valence-corrected chi connectivity index (χ0v) is 14.1. The molecule has 0 aromatic heterocycles. The molecular formula is C19H15ClFNO3. The highest BCUT2D eigenvalue weighted by molar-refractivity contribution is 6.31. The molecule has 0 aliphatic carbocycles. The zero-order valence-electron chi connectivity index (χ0n) is 13.3. The van der Waals surface area contributed by atoms with Crippen LogP contribution in [0.3, 0.4) is 0 Å². The van der Waals surface area contributed by atoms with Gasteiger partial charge in [-0.3, -0.25) is 9.59 Å². The maximum absolute atomic E-state index is 13.6. The van der Waals surface area contributed by atoms with E-state index in [1.807, 2.05) is 12.1 Å². The second-order valence-corrected chi connectivity index (χ2v) is 5.97. The van der Waals surface area contributed by atoms with Crippen molar-refractivity contribution in [3.8, 4) is 0 Å². The van der Waals surface area contributed by atoms with E-state index in [-0.39, 0.29) is 36.1 Å². The van der Waals surface area contributed by atoms with Gasteiger partial charge in [-0.1, -0.05) is 42.4 Å². The third-order valence-electron chi connectivity index (χ3n) is 4.02. The smallest absolute Gasteiger partial charge is 0.307 e. The lowest BCUT2D eigenvalue weighted by molar-refractivity contribution is -0.145. The number of benzene rings is 2. The van der Waals surface area contributed by atoms with Crippen LogP contribution in [0, 0.1) is 5.82 Å². The van der Waals surface area contributed by atoms with E-state index in [1.165, 1.54) is 23.1 Å². The maximum Gasteiger partial charge on any atom is 0.307 e. The van der Waals surface area contributed by atoms with E-state index in [0.29, 0.717) is 11.3 Å². The lowest BCUT2D eigenvalue weighted by atomic mass is 10.1. The summed E-state index contributed by atoms with van der Waals surface area (Å²) in [4.78, 5) is 25.7. The molecule has 4 nitrogen and oxygen atoms in total. The van der Waals surface area contributed by atoms with Crippen LogP contribution >= 0.6 is 11.6 Å². The summed E-state index contributed by atoms with van der Waals surface area (Å²) in [6, 6.07) is 11.4. The molecule has 2 aromatic rings. The monoisotopic (exact) mass is 359 g/mol. The van der Waals surface area contributed by atoms with E-state index in [1.54, 1.807) is 12.1 Å². The normalized spacial score (nSPS) is 13.1. The average molecular weight is 360 g/mol. The summed E-state index contributed by atoms with van der Waals surface area (Å²) in [5, 5.41) is 0.200. The van der Waals surface area contributed by atoms with Crippen molar-refractivity contribution in [1.29, 1.82) is 0 Å². The molecule has 128 valence electrons. The molecule has 0 N–H and O–H groups in total. The summed E-state index contributed by atoms with van der Waals surface area (Å²) in [5.74, 6) is -1.26. The van der Waals surface area contributed by atoms with E-state index in [2.05, 4.69) is 6.58 Å². The predicted octanol–water partition coefficient (Wildman–Crippen LogP) is 4.04. The highest BCUT2D eigenvalue weighted by Gasteiger charge is 2.30. The minimum absolute atomic E-state index is 0.0230. The van der Waals surface area contributed by atoms with E-state index in [0.717, 1.165) is 5.56 Å². The van der Waals surface area contributed by atoms with Crippen molar-refractivity contribution in [2.24, 2.45) is 0 Å². The van der Waals surface area contributed by atoms with Gasteiger partial charge in [0.25, 0.3) is 5.91 Å². The number of carbonyl (C=O) groups excluding carboxylic acids is 2. The van der Waals surface area contributed by atoms with Gasteiger partial charge in [0, 0.05) is 28.9 Å².